The molecule has 2 amide bonds. The Morgan fingerprint density at radius 2 is 0.747 bits per heavy atom. The van der Waals surface area contributed by atoms with E-state index < -0.39 is 52.5 Å². The van der Waals surface area contributed by atoms with Crippen LogP contribution in [-0.4, -0.2) is 66.1 Å². The predicted molar refractivity (Wildman–Crippen MR) is 316 cm³/mol. The van der Waals surface area contributed by atoms with E-state index in [0.717, 1.165) is 69.8 Å². The lowest BCUT2D eigenvalue weighted by Crippen LogP contribution is -2.23. The Bertz CT molecular complexity index is 3850. The molecule has 0 radical (unpaired) electrons. The molecule has 8 aromatic rings. The molecule has 0 bridgehead atoms. The van der Waals surface area contributed by atoms with Gasteiger partial charge in [-0.25, -0.2) is 9.97 Å². The van der Waals surface area contributed by atoms with Gasteiger partial charge in [-0.05, 0) is 120 Å². The highest BCUT2D eigenvalue weighted by molar-refractivity contribution is 7.86. The van der Waals surface area contributed by atoms with Crippen LogP contribution in [0.4, 0.5) is 31.3 Å². The van der Waals surface area contributed by atoms with Gasteiger partial charge in [0.05, 0.1) is 62.4 Å². The number of carbonyl (C=O) groups is 2. The molecule has 2 heterocycles. The normalized spacial score (nSPS) is 11.4. The summed E-state index contributed by atoms with van der Waals surface area (Å²) < 4.78 is 103. The summed E-state index contributed by atoms with van der Waals surface area (Å²) in [5.41, 5.74) is 31.3. The Labute approximate surface area is 504 Å². The van der Waals surface area contributed by atoms with Crippen LogP contribution in [0.15, 0.2) is 131 Å². The Hall–Kier alpha value is -7.01. The minimum atomic E-state index is -4.97. The maximum atomic E-state index is 13.3. The fourth-order valence-corrected chi connectivity index (χ4v) is 9.76. The lowest BCUT2D eigenvalue weighted by Gasteiger charge is -2.13. The van der Waals surface area contributed by atoms with E-state index in [0.29, 0.717) is 68.3 Å². The standard InChI is InChI=1S/2C26H21Cl3FN5O3S.H2O4S/c2*27-19-9-7-17(39(30,37)38)12-18(19)25(36)33-13-15-3-1-14(2-4-15)5-10-22-23(24(31)35-26(32)34-22)16-6-8-20(28)21(29)11-16;1-5(2,3)4/h2*1-4,6-9,11-12H,5,10,13H2,(H,33,36)(H4,31,32,34,35);(H2,1,2,3,4). The maximum Gasteiger partial charge on any atom is 0.394 e. The van der Waals surface area contributed by atoms with E-state index >= 15 is 0 Å². The zero-order chi connectivity index (χ0) is 61.1. The molecule has 0 aliphatic heterocycles. The van der Waals surface area contributed by atoms with Crippen molar-refractivity contribution in [3.05, 3.63) is 196 Å². The number of nitrogens with one attached hydrogen (secondary N) is 2. The van der Waals surface area contributed by atoms with E-state index in [4.69, 9.17) is 110 Å². The van der Waals surface area contributed by atoms with E-state index in [1.807, 2.05) is 48.5 Å². The van der Waals surface area contributed by atoms with Crippen molar-refractivity contribution in [3.63, 3.8) is 0 Å². The van der Waals surface area contributed by atoms with E-state index in [1.165, 1.54) is 0 Å². The number of nitrogens with zero attached hydrogens (tertiary/aromatic N) is 4. The fourth-order valence-electron chi connectivity index (χ4n) is 7.77. The van der Waals surface area contributed by atoms with E-state index in [1.54, 1.807) is 36.4 Å². The van der Waals surface area contributed by atoms with Crippen LogP contribution in [-0.2, 0) is 69.6 Å². The van der Waals surface area contributed by atoms with E-state index in [2.05, 4.69) is 30.6 Å². The summed E-state index contributed by atoms with van der Waals surface area (Å²) in [7, 11) is -14.6. The van der Waals surface area contributed by atoms with E-state index in [-0.39, 0.29) is 57.8 Å². The third kappa shape index (κ3) is 19.0. The molecular weight excluding hydrogens is 1270 g/mol. The van der Waals surface area contributed by atoms with Crippen molar-refractivity contribution in [2.45, 2.75) is 48.6 Å². The first-order valence-electron chi connectivity index (χ1n) is 23.5. The number of aromatic nitrogens is 4. The van der Waals surface area contributed by atoms with Crippen LogP contribution in [0.3, 0.4) is 0 Å². The first kappa shape index (κ1) is 65.1. The van der Waals surface area contributed by atoms with Gasteiger partial charge in [0, 0.05) is 24.2 Å². The van der Waals surface area contributed by atoms with Gasteiger partial charge in [-0.1, -0.05) is 130 Å². The molecule has 0 aliphatic carbocycles. The Balaban J connectivity index is 0.000000246. The highest BCUT2D eigenvalue weighted by Gasteiger charge is 2.21. The average molecular weight is 1320 g/mol. The van der Waals surface area contributed by atoms with Crippen LogP contribution in [0.5, 0.6) is 0 Å². The molecule has 8 rings (SSSR count). The van der Waals surface area contributed by atoms with Crippen LogP contribution < -0.4 is 33.6 Å². The minimum Gasteiger partial charge on any atom is -0.383 e. The highest BCUT2D eigenvalue weighted by Crippen LogP contribution is 2.36. The highest BCUT2D eigenvalue weighted by atomic mass is 35.5. The summed E-state index contributed by atoms with van der Waals surface area (Å²) in [6, 6.07) is 31.3. The van der Waals surface area contributed by atoms with Crippen molar-refractivity contribution < 1.29 is 51.7 Å². The summed E-state index contributed by atoms with van der Waals surface area (Å²) in [4.78, 5) is 40.7. The van der Waals surface area contributed by atoms with Crippen LogP contribution in [0.2, 0.25) is 30.1 Å². The molecule has 0 unspecified atom stereocenters. The van der Waals surface area contributed by atoms with Crippen molar-refractivity contribution >= 4 is 136 Å². The summed E-state index contributed by atoms with van der Waals surface area (Å²) in [6.45, 7) is 0.283. The quantitative estimate of drug-likeness (QED) is 0.0329. The number of halogens is 8. The number of aryl methyl sites for hydroxylation is 4. The van der Waals surface area contributed by atoms with Crippen molar-refractivity contribution in [1.82, 2.24) is 30.6 Å². The zero-order valence-electron chi connectivity index (χ0n) is 42.3. The number of hydrogen-bond donors (Lipinski definition) is 8. The van der Waals surface area contributed by atoms with Gasteiger partial charge in [-0.15, -0.1) is 7.77 Å². The molecule has 12 N–H and O–H groups in total. The summed E-state index contributed by atoms with van der Waals surface area (Å²) >= 11 is 36.5. The molecule has 6 aromatic carbocycles. The molecule has 0 spiro atoms. The Kier molecular flexibility index (Phi) is 22.0. The van der Waals surface area contributed by atoms with Crippen LogP contribution in [0.25, 0.3) is 22.3 Å². The van der Waals surface area contributed by atoms with Gasteiger partial charge in [0.15, 0.2) is 0 Å². The number of carbonyl (C=O) groups excluding carboxylic acids is 2. The van der Waals surface area contributed by atoms with Gasteiger partial charge in [-0.2, -0.15) is 35.2 Å². The smallest absolute Gasteiger partial charge is 0.383 e. The lowest BCUT2D eigenvalue weighted by atomic mass is 9.99. The van der Waals surface area contributed by atoms with Crippen molar-refractivity contribution in [2.24, 2.45) is 0 Å². The number of benzene rings is 6. The van der Waals surface area contributed by atoms with Crippen LogP contribution in [0, 0.1) is 0 Å². The van der Waals surface area contributed by atoms with Gasteiger partial charge >= 0.3 is 30.8 Å². The van der Waals surface area contributed by atoms with Crippen molar-refractivity contribution in [3.8, 4) is 22.3 Å². The Morgan fingerprint density at radius 3 is 1.06 bits per heavy atom. The first-order chi connectivity index (χ1) is 38.8. The van der Waals surface area contributed by atoms with Crippen molar-refractivity contribution in [1.29, 1.82) is 0 Å². The number of nitrogen functional groups attached to an aromatic ring is 4. The van der Waals surface area contributed by atoms with Gasteiger partial charge < -0.3 is 33.6 Å². The summed E-state index contributed by atoms with van der Waals surface area (Å²) in [5.74, 6) is -0.681. The first-order valence-corrected chi connectivity index (χ1v) is 29.9. The average Bonchev–Trinajstić information content (AvgIpc) is 3.42. The molecule has 0 saturated heterocycles. The monoisotopic (exact) mass is 1310 g/mol. The number of amides is 2. The molecule has 0 saturated carbocycles. The number of hydrogen-bond acceptors (Lipinski definition) is 16. The molecular formula is C52H44Cl6F2N10O10S3. The van der Waals surface area contributed by atoms with E-state index in [9.17, 15) is 34.2 Å². The molecule has 31 heteroatoms. The second-order valence-corrected chi connectivity index (χ2v) is 23.5. The minimum absolute atomic E-state index is 0.00137. The third-order valence-electron chi connectivity index (χ3n) is 11.7. The molecule has 0 atom stereocenters. The molecule has 0 aliphatic rings. The number of rotatable bonds is 16. The second kappa shape index (κ2) is 28.0. The summed E-state index contributed by atoms with van der Waals surface area (Å²) in [5, 5.41) is 6.89. The number of anilines is 4. The van der Waals surface area contributed by atoms with Gasteiger partial charge in [0.25, 0.3) is 11.8 Å². The number of nitrogens with two attached hydrogens (primary N) is 4. The largest absolute Gasteiger partial charge is 0.394 e. The van der Waals surface area contributed by atoms with Crippen LogP contribution in [0.1, 0.15) is 54.4 Å². The molecule has 20 nitrogen and oxygen atoms in total. The maximum absolute atomic E-state index is 13.3. The third-order valence-corrected chi connectivity index (χ3v) is 15.4. The second-order valence-electron chi connectivity index (χ2n) is 17.4. The van der Waals surface area contributed by atoms with Gasteiger partial charge in [-0.3, -0.25) is 18.7 Å². The fraction of sp³-hybridized carbons (Fsp3) is 0.115. The lowest BCUT2D eigenvalue weighted by molar-refractivity contribution is 0.0942. The topological polar surface area (TPSA) is 357 Å². The Morgan fingerprint density at radius 1 is 0.434 bits per heavy atom. The summed E-state index contributed by atoms with van der Waals surface area (Å²) in [6.07, 6.45) is 2.23. The molecule has 2 aromatic heterocycles. The molecule has 0 fully saturated rings. The van der Waals surface area contributed by atoms with Crippen LogP contribution >= 0.6 is 69.6 Å². The van der Waals surface area contributed by atoms with Gasteiger partial charge in [0.1, 0.15) is 11.6 Å². The zero-order valence-corrected chi connectivity index (χ0v) is 49.3. The molecule has 436 valence electrons. The van der Waals surface area contributed by atoms with Gasteiger partial charge in [0.2, 0.25) is 11.9 Å². The SMILES string of the molecule is Nc1nc(N)c(-c2ccc(Cl)c(Cl)c2)c(CCc2ccc(CNC(=O)c3cc(S(=O)(=O)F)ccc3Cl)cc2)n1.Nc1nc(N)c(-c2ccc(Cl)c(Cl)c2)c(CCc2ccc(CNC(=O)c3cc(S(=O)(=O)F)ccc3Cl)cc2)n1.O=S(=O)(O)O. The van der Waals surface area contributed by atoms with Crippen molar-refractivity contribution in [2.75, 3.05) is 22.9 Å². The predicted octanol–water partition coefficient (Wildman–Crippen LogP) is 10.6. The molecule has 83 heavy (non-hydrogen) atoms.